The van der Waals surface area contributed by atoms with E-state index in [1.807, 2.05) is 0 Å². The van der Waals surface area contributed by atoms with Gasteiger partial charge in [-0.2, -0.15) is 0 Å². The van der Waals surface area contributed by atoms with Crippen LogP contribution in [0.25, 0.3) is 0 Å². The fourth-order valence-corrected chi connectivity index (χ4v) is 3.79. The maximum Gasteiger partial charge on any atom is 0.0348 e. The Morgan fingerprint density at radius 1 is 1.19 bits per heavy atom. The van der Waals surface area contributed by atoms with Crippen molar-refractivity contribution >= 4 is 10.8 Å². The zero-order chi connectivity index (χ0) is 12.0. The first-order valence-electron chi connectivity index (χ1n) is 6.61. The minimum atomic E-state index is -0.575. The van der Waals surface area contributed by atoms with E-state index in [9.17, 15) is 4.21 Å². The molecule has 16 heavy (non-hydrogen) atoms. The Morgan fingerprint density at radius 3 is 2.38 bits per heavy atom. The van der Waals surface area contributed by atoms with E-state index in [1.165, 1.54) is 32.1 Å². The van der Waals surface area contributed by atoms with Crippen molar-refractivity contribution in [2.24, 2.45) is 0 Å². The second kappa shape index (κ2) is 6.75. The lowest BCUT2D eigenvalue weighted by atomic mass is 10.0. The first kappa shape index (κ1) is 14.2. The Morgan fingerprint density at radius 2 is 1.81 bits per heavy atom. The van der Waals surface area contributed by atoms with Crippen molar-refractivity contribution in [3.05, 3.63) is 0 Å². The highest BCUT2D eigenvalue weighted by molar-refractivity contribution is 7.85. The summed E-state index contributed by atoms with van der Waals surface area (Å²) in [6, 6.07) is 0. The molecule has 1 atom stereocenters. The van der Waals surface area contributed by atoms with Gasteiger partial charge in [-0.25, -0.2) is 0 Å². The average Bonchev–Trinajstić information content (AvgIpc) is 2.24. The molecule has 1 N–H and O–H groups in total. The van der Waals surface area contributed by atoms with E-state index in [4.69, 9.17) is 0 Å². The van der Waals surface area contributed by atoms with Gasteiger partial charge in [0.05, 0.1) is 0 Å². The van der Waals surface area contributed by atoms with Gasteiger partial charge in [0, 0.05) is 27.3 Å². The van der Waals surface area contributed by atoms with E-state index in [2.05, 4.69) is 26.1 Å². The van der Waals surface area contributed by atoms with Crippen LogP contribution in [0, 0.1) is 0 Å². The van der Waals surface area contributed by atoms with Gasteiger partial charge in [-0.3, -0.25) is 4.21 Å². The van der Waals surface area contributed by atoms with E-state index in [0.717, 1.165) is 18.7 Å². The number of hydrogen-bond acceptors (Lipinski definition) is 2. The molecule has 0 aromatic heterocycles. The second-order valence-electron chi connectivity index (χ2n) is 5.88. The fourth-order valence-electron chi connectivity index (χ4n) is 2.17. The van der Waals surface area contributed by atoms with Crippen molar-refractivity contribution in [2.75, 3.05) is 12.3 Å². The molecule has 1 aliphatic rings. The minimum absolute atomic E-state index is 0.187. The highest BCUT2D eigenvalue weighted by Gasteiger charge is 2.19. The van der Waals surface area contributed by atoms with Crippen LogP contribution in [0.15, 0.2) is 0 Å². The first-order chi connectivity index (χ1) is 7.49. The highest BCUT2D eigenvalue weighted by atomic mass is 32.2. The smallest absolute Gasteiger partial charge is 0.0348 e. The Kier molecular flexibility index (Phi) is 5.98. The Labute approximate surface area is 103 Å². The Bertz CT molecular complexity index is 216. The van der Waals surface area contributed by atoms with E-state index in [-0.39, 0.29) is 5.54 Å². The number of rotatable bonds is 5. The SMILES string of the molecule is CC(C)(C)NCCCS(=O)C1CCCCC1. The monoisotopic (exact) mass is 245 g/mol. The Balaban J connectivity index is 2.10. The van der Waals surface area contributed by atoms with E-state index < -0.39 is 10.8 Å². The van der Waals surface area contributed by atoms with E-state index in [1.54, 1.807) is 0 Å². The van der Waals surface area contributed by atoms with Gasteiger partial charge in [0.2, 0.25) is 0 Å². The standard InChI is InChI=1S/C13H27NOS/c1-13(2,3)14-10-7-11-16(15)12-8-5-4-6-9-12/h12,14H,4-11H2,1-3H3. The van der Waals surface area contributed by atoms with Crippen LogP contribution in [0.1, 0.15) is 59.3 Å². The van der Waals surface area contributed by atoms with Crippen molar-refractivity contribution in [1.82, 2.24) is 5.32 Å². The summed E-state index contributed by atoms with van der Waals surface area (Å²) < 4.78 is 12.0. The molecule has 0 spiro atoms. The molecule has 3 heteroatoms. The van der Waals surface area contributed by atoms with Crippen molar-refractivity contribution < 1.29 is 4.21 Å². The van der Waals surface area contributed by atoms with Crippen LogP contribution in [-0.4, -0.2) is 27.3 Å². The largest absolute Gasteiger partial charge is 0.312 e. The summed E-state index contributed by atoms with van der Waals surface area (Å²) in [5.74, 6) is 0.883. The molecule has 0 bridgehead atoms. The van der Waals surface area contributed by atoms with Crippen LogP contribution in [0.5, 0.6) is 0 Å². The lowest BCUT2D eigenvalue weighted by Gasteiger charge is -2.22. The first-order valence-corrected chi connectivity index (χ1v) is 7.99. The molecular weight excluding hydrogens is 218 g/mol. The van der Waals surface area contributed by atoms with Gasteiger partial charge in [0.25, 0.3) is 0 Å². The fraction of sp³-hybridized carbons (Fsp3) is 1.00. The molecule has 2 nitrogen and oxygen atoms in total. The predicted molar refractivity (Wildman–Crippen MR) is 72.3 cm³/mol. The molecule has 1 saturated carbocycles. The molecule has 1 aliphatic carbocycles. The van der Waals surface area contributed by atoms with Gasteiger partial charge in [0.1, 0.15) is 0 Å². The van der Waals surface area contributed by atoms with Crippen molar-refractivity contribution in [3.8, 4) is 0 Å². The normalized spacial score (nSPS) is 20.9. The van der Waals surface area contributed by atoms with Crippen LogP contribution in [0.4, 0.5) is 0 Å². The maximum atomic E-state index is 12.0. The molecule has 0 amide bonds. The third-order valence-electron chi connectivity index (χ3n) is 3.10. The van der Waals surface area contributed by atoms with Gasteiger partial charge in [-0.15, -0.1) is 0 Å². The molecule has 0 aliphatic heterocycles. The summed E-state index contributed by atoms with van der Waals surface area (Å²) in [5, 5.41) is 3.95. The van der Waals surface area contributed by atoms with Gasteiger partial charge < -0.3 is 5.32 Å². The van der Waals surface area contributed by atoms with Crippen molar-refractivity contribution in [3.63, 3.8) is 0 Å². The van der Waals surface area contributed by atoms with Crippen LogP contribution in [0.3, 0.4) is 0 Å². The van der Waals surface area contributed by atoms with Crippen LogP contribution >= 0.6 is 0 Å². The molecule has 0 aromatic carbocycles. The molecule has 1 rings (SSSR count). The van der Waals surface area contributed by atoms with Gasteiger partial charge in [-0.1, -0.05) is 19.3 Å². The Hall–Kier alpha value is 0.110. The third kappa shape index (κ3) is 6.00. The summed E-state index contributed by atoms with van der Waals surface area (Å²) in [5.41, 5.74) is 0.187. The predicted octanol–water partition coefficient (Wildman–Crippen LogP) is 2.85. The summed E-state index contributed by atoms with van der Waals surface area (Å²) >= 11 is 0. The van der Waals surface area contributed by atoms with Crippen LogP contribution < -0.4 is 5.32 Å². The zero-order valence-electron chi connectivity index (χ0n) is 11.1. The molecule has 0 heterocycles. The average molecular weight is 245 g/mol. The van der Waals surface area contributed by atoms with Gasteiger partial charge in [0.15, 0.2) is 0 Å². The van der Waals surface area contributed by atoms with E-state index >= 15 is 0 Å². The summed E-state index contributed by atoms with van der Waals surface area (Å²) in [6.07, 6.45) is 7.35. The lowest BCUT2D eigenvalue weighted by Crippen LogP contribution is -2.37. The van der Waals surface area contributed by atoms with Gasteiger partial charge in [-0.05, 0) is 46.6 Å². The number of hydrogen-bond donors (Lipinski definition) is 1. The summed E-state index contributed by atoms with van der Waals surface area (Å²) in [7, 11) is -0.575. The number of nitrogens with one attached hydrogen (secondary N) is 1. The quantitative estimate of drug-likeness (QED) is 0.755. The van der Waals surface area contributed by atoms with Crippen LogP contribution in [-0.2, 0) is 10.8 Å². The maximum absolute atomic E-state index is 12.0. The molecule has 0 saturated heterocycles. The molecule has 1 fully saturated rings. The zero-order valence-corrected chi connectivity index (χ0v) is 11.9. The van der Waals surface area contributed by atoms with Crippen molar-refractivity contribution in [1.29, 1.82) is 0 Å². The summed E-state index contributed by atoms with van der Waals surface area (Å²) in [4.78, 5) is 0. The minimum Gasteiger partial charge on any atom is -0.312 e. The summed E-state index contributed by atoms with van der Waals surface area (Å²) in [6.45, 7) is 7.50. The second-order valence-corrected chi connectivity index (χ2v) is 7.71. The molecular formula is C13H27NOS. The molecule has 0 radical (unpaired) electrons. The van der Waals surface area contributed by atoms with Crippen molar-refractivity contribution in [2.45, 2.75) is 70.1 Å². The van der Waals surface area contributed by atoms with Crippen LogP contribution in [0.2, 0.25) is 0 Å². The lowest BCUT2D eigenvalue weighted by molar-refractivity contribution is 0.427. The topological polar surface area (TPSA) is 29.1 Å². The molecule has 1 unspecified atom stereocenters. The van der Waals surface area contributed by atoms with Gasteiger partial charge >= 0.3 is 0 Å². The van der Waals surface area contributed by atoms with E-state index in [0.29, 0.717) is 5.25 Å². The highest BCUT2D eigenvalue weighted by Crippen LogP contribution is 2.22. The molecule has 0 aromatic rings. The molecule has 96 valence electrons. The third-order valence-corrected chi connectivity index (χ3v) is 5.01.